The highest BCUT2D eigenvalue weighted by atomic mass is 35.5. The number of halogens is 1. The lowest BCUT2D eigenvalue weighted by atomic mass is 9.92. The number of hydrogen-bond acceptors (Lipinski definition) is 3. The van der Waals surface area contributed by atoms with Crippen molar-refractivity contribution in [3.63, 3.8) is 0 Å². The second-order valence-corrected chi connectivity index (χ2v) is 5.19. The lowest BCUT2D eigenvalue weighted by Gasteiger charge is -2.37. The molecule has 2 atom stereocenters. The standard InChI is InChI=1S/C13H19ClN2O/c14-11-1-3-13(4-2-11)16-8-10(5-6-17)7-12(15)9-16/h1-4,10,12,17H,5-9,15H2. The summed E-state index contributed by atoms with van der Waals surface area (Å²) >= 11 is 5.88. The van der Waals surface area contributed by atoms with Crippen molar-refractivity contribution in [3.05, 3.63) is 29.3 Å². The summed E-state index contributed by atoms with van der Waals surface area (Å²) in [6, 6.07) is 8.04. The maximum Gasteiger partial charge on any atom is 0.0434 e. The maximum atomic E-state index is 9.02. The summed E-state index contributed by atoms with van der Waals surface area (Å²) in [6.45, 7) is 2.09. The normalized spacial score (nSPS) is 25.0. The zero-order valence-electron chi connectivity index (χ0n) is 9.85. The molecule has 3 N–H and O–H groups in total. The van der Waals surface area contributed by atoms with Gasteiger partial charge in [-0.1, -0.05) is 11.6 Å². The molecule has 1 aromatic carbocycles. The lowest BCUT2D eigenvalue weighted by molar-refractivity contribution is 0.238. The van der Waals surface area contributed by atoms with Gasteiger partial charge >= 0.3 is 0 Å². The third-order valence-corrected chi connectivity index (χ3v) is 3.55. The molecule has 0 radical (unpaired) electrons. The second kappa shape index (κ2) is 5.71. The van der Waals surface area contributed by atoms with Crippen molar-refractivity contribution in [2.24, 2.45) is 11.7 Å². The van der Waals surface area contributed by atoms with Crippen LogP contribution < -0.4 is 10.6 Å². The van der Waals surface area contributed by atoms with E-state index in [-0.39, 0.29) is 12.6 Å². The Labute approximate surface area is 107 Å². The summed E-state index contributed by atoms with van der Waals surface area (Å²) in [5.74, 6) is 0.486. The van der Waals surface area contributed by atoms with Gasteiger partial charge in [-0.25, -0.2) is 0 Å². The molecular weight excluding hydrogens is 236 g/mol. The van der Waals surface area contributed by atoms with Crippen LogP contribution in [0, 0.1) is 5.92 Å². The Morgan fingerprint density at radius 3 is 2.65 bits per heavy atom. The summed E-state index contributed by atoms with van der Waals surface area (Å²) in [4.78, 5) is 2.28. The summed E-state index contributed by atoms with van der Waals surface area (Å²) in [6.07, 6.45) is 1.84. The zero-order valence-corrected chi connectivity index (χ0v) is 10.6. The van der Waals surface area contributed by atoms with Gasteiger partial charge in [-0.15, -0.1) is 0 Å². The van der Waals surface area contributed by atoms with Crippen LogP contribution in [0.15, 0.2) is 24.3 Å². The third-order valence-electron chi connectivity index (χ3n) is 3.30. The average Bonchev–Trinajstić information content (AvgIpc) is 2.29. The van der Waals surface area contributed by atoms with Gasteiger partial charge in [-0.2, -0.15) is 0 Å². The Bertz CT molecular complexity index is 355. The van der Waals surface area contributed by atoms with Crippen LogP contribution in [0.4, 0.5) is 5.69 Å². The van der Waals surface area contributed by atoms with E-state index in [0.29, 0.717) is 5.92 Å². The van der Waals surface area contributed by atoms with E-state index in [0.717, 1.165) is 36.6 Å². The van der Waals surface area contributed by atoms with Crippen molar-refractivity contribution in [3.8, 4) is 0 Å². The van der Waals surface area contributed by atoms with E-state index < -0.39 is 0 Å². The molecule has 2 unspecified atom stereocenters. The fourth-order valence-corrected chi connectivity index (χ4v) is 2.63. The van der Waals surface area contributed by atoms with Gasteiger partial charge in [0.25, 0.3) is 0 Å². The fraction of sp³-hybridized carbons (Fsp3) is 0.538. The molecule has 0 saturated carbocycles. The van der Waals surface area contributed by atoms with Crippen LogP contribution in [-0.2, 0) is 0 Å². The molecule has 17 heavy (non-hydrogen) atoms. The number of rotatable bonds is 3. The number of nitrogens with zero attached hydrogens (tertiary/aromatic N) is 1. The summed E-state index contributed by atoms with van der Waals surface area (Å²) in [5.41, 5.74) is 7.22. The number of nitrogens with two attached hydrogens (primary N) is 1. The van der Waals surface area contributed by atoms with Gasteiger partial charge in [-0.05, 0) is 43.0 Å². The minimum absolute atomic E-state index is 0.191. The molecule has 1 fully saturated rings. The minimum atomic E-state index is 0.191. The Morgan fingerprint density at radius 1 is 1.29 bits per heavy atom. The van der Waals surface area contributed by atoms with Crippen LogP contribution in [0.2, 0.25) is 5.02 Å². The first-order valence-corrected chi connectivity index (χ1v) is 6.44. The third kappa shape index (κ3) is 3.35. The Kier molecular flexibility index (Phi) is 4.26. The molecule has 0 spiro atoms. The largest absolute Gasteiger partial charge is 0.396 e. The van der Waals surface area contributed by atoms with Crippen LogP contribution >= 0.6 is 11.6 Å². The van der Waals surface area contributed by atoms with Crippen molar-refractivity contribution < 1.29 is 5.11 Å². The molecule has 4 heteroatoms. The highest BCUT2D eigenvalue weighted by molar-refractivity contribution is 6.30. The first-order chi connectivity index (χ1) is 8.19. The van der Waals surface area contributed by atoms with E-state index in [9.17, 15) is 0 Å². The summed E-state index contributed by atoms with van der Waals surface area (Å²) in [5, 5.41) is 9.77. The number of aliphatic hydroxyl groups is 1. The van der Waals surface area contributed by atoms with Gasteiger partial charge in [0.2, 0.25) is 0 Å². The Morgan fingerprint density at radius 2 is 2.00 bits per heavy atom. The van der Waals surface area contributed by atoms with Crippen molar-refractivity contribution in [1.82, 2.24) is 0 Å². The number of anilines is 1. The van der Waals surface area contributed by atoms with Crippen molar-refractivity contribution >= 4 is 17.3 Å². The molecule has 0 aromatic heterocycles. The van der Waals surface area contributed by atoms with E-state index in [1.165, 1.54) is 0 Å². The van der Waals surface area contributed by atoms with Gasteiger partial charge in [0.15, 0.2) is 0 Å². The van der Waals surface area contributed by atoms with E-state index in [1.54, 1.807) is 0 Å². The first-order valence-electron chi connectivity index (χ1n) is 6.06. The lowest BCUT2D eigenvalue weighted by Crippen LogP contribution is -2.47. The van der Waals surface area contributed by atoms with Crippen LogP contribution in [0.5, 0.6) is 0 Å². The van der Waals surface area contributed by atoms with Crippen LogP contribution in [0.3, 0.4) is 0 Å². The molecule has 94 valence electrons. The first kappa shape index (κ1) is 12.7. The van der Waals surface area contributed by atoms with Gasteiger partial charge in [0, 0.05) is 36.4 Å². The number of piperidine rings is 1. The molecule has 1 saturated heterocycles. The van der Waals surface area contributed by atoms with Gasteiger partial charge in [0.05, 0.1) is 0 Å². The van der Waals surface area contributed by atoms with E-state index >= 15 is 0 Å². The smallest absolute Gasteiger partial charge is 0.0434 e. The summed E-state index contributed by atoms with van der Waals surface area (Å²) < 4.78 is 0. The Hall–Kier alpha value is -0.770. The van der Waals surface area contributed by atoms with Gasteiger partial charge in [-0.3, -0.25) is 0 Å². The predicted octanol–water partition coefficient (Wildman–Crippen LogP) is 1.88. The van der Waals surface area contributed by atoms with Crippen molar-refractivity contribution in [2.75, 3.05) is 24.6 Å². The number of benzene rings is 1. The quantitative estimate of drug-likeness (QED) is 0.866. The highest BCUT2D eigenvalue weighted by Crippen LogP contribution is 2.25. The van der Waals surface area contributed by atoms with Crippen LogP contribution in [-0.4, -0.2) is 30.8 Å². The average molecular weight is 255 g/mol. The molecule has 0 aliphatic carbocycles. The SMILES string of the molecule is NC1CC(CCO)CN(c2ccc(Cl)cc2)C1. The minimum Gasteiger partial charge on any atom is -0.396 e. The molecule has 1 heterocycles. The van der Waals surface area contributed by atoms with E-state index in [2.05, 4.69) is 4.90 Å². The molecule has 0 bridgehead atoms. The van der Waals surface area contributed by atoms with E-state index in [4.69, 9.17) is 22.4 Å². The van der Waals surface area contributed by atoms with Crippen LogP contribution in [0.1, 0.15) is 12.8 Å². The van der Waals surface area contributed by atoms with Crippen LogP contribution in [0.25, 0.3) is 0 Å². The second-order valence-electron chi connectivity index (χ2n) is 4.76. The Balaban J connectivity index is 2.06. The molecule has 1 aromatic rings. The topological polar surface area (TPSA) is 49.5 Å². The highest BCUT2D eigenvalue weighted by Gasteiger charge is 2.24. The molecule has 3 nitrogen and oxygen atoms in total. The fourth-order valence-electron chi connectivity index (χ4n) is 2.50. The molecule has 0 amide bonds. The van der Waals surface area contributed by atoms with Gasteiger partial charge < -0.3 is 15.7 Å². The number of hydrogen-bond donors (Lipinski definition) is 2. The molecule has 1 aliphatic rings. The number of aliphatic hydroxyl groups excluding tert-OH is 1. The monoisotopic (exact) mass is 254 g/mol. The van der Waals surface area contributed by atoms with Gasteiger partial charge in [0.1, 0.15) is 0 Å². The maximum absolute atomic E-state index is 9.02. The van der Waals surface area contributed by atoms with Crippen molar-refractivity contribution in [1.29, 1.82) is 0 Å². The molecular formula is C13H19ClN2O. The van der Waals surface area contributed by atoms with E-state index in [1.807, 2.05) is 24.3 Å². The molecule has 2 rings (SSSR count). The molecule has 1 aliphatic heterocycles. The van der Waals surface area contributed by atoms with Crippen molar-refractivity contribution in [2.45, 2.75) is 18.9 Å². The zero-order chi connectivity index (χ0) is 12.3. The predicted molar refractivity (Wildman–Crippen MR) is 71.5 cm³/mol. The summed E-state index contributed by atoms with van der Waals surface area (Å²) in [7, 11) is 0.